The summed E-state index contributed by atoms with van der Waals surface area (Å²) >= 11 is 0. The summed E-state index contributed by atoms with van der Waals surface area (Å²) in [7, 11) is 0. The third-order valence-electron chi connectivity index (χ3n) is 8.40. The van der Waals surface area contributed by atoms with Gasteiger partial charge in [-0.1, -0.05) is 31.1 Å². The van der Waals surface area contributed by atoms with E-state index >= 15 is 0 Å². The van der Waals surface area contributed by atoms with Crippen molar-refractivity contribution >= 4 is 5.78 Å². The lowest BCUT2D eigenvalue weighted by atomic mass is 9.62. The van der Waals surface area contributed by atoms with E-state index in [9.17, 15) is 15.0 Å². The first-order valence-corrected chi connectivity index (χ1v) is 11.2. The molecule has 4 aliphatic rings. The van der Waals surface area contributed by atoms with Crippen molar-refractivity contribution in [2.75, 3.05) is 6.61 Å². The van der Waals surface area contributed by atoms with E-state index in [0.717, 1.165) is 31.3 Å². The highest BCUT2D eigenvalue weighted by atomic mass is 16.5. The zero-order chi connectivity index (χ0) is 21.1. The number of allylic oxidation sites excluding steroid dienone is 4. The monoisotopic (exact) mass is 400 g/mol. The summed E-state index contributed by atoms with van der Waals surface area (Å²) in [5.41, 5.74) is 3.30. The van der Waals surface area contributed by atoms with Gasteiger partial charge in [0.05, 0.1) is 24.4 Å². The maximum atomic E-state index is 12.7. The van der Waals surface area contributed by atoms with Gasteiger partial charge < -0.3 is 14.9 Å². The Morgan fingerprint density at radius 3 is 2.69 bits per heavy atom. The number of aliphatic hydroxyl groups excluding tert-OH is 2. The first kappa shape index (κ1) is 21.0. The zero-order valence-electron chi connectivity index (χ0n) is 18.5. The number of ketones is 1. The normalized spacial score (nSPS) is 46.9. The van der Waals surface area contributed by atoms with E-state index in [1.807, 2.05) is 6.92 Å². The molecule has 2 N–H and O–H groups in total. The summed E-state index contributed by atoms with van der Waals surface area (Å²) in [6.07, 6.45) is 7.80. The van der Waals surface area contributed by atoms with E-state index in [0.29, 0.717) is 23.5 Å². The molecule has 0 aromatic rings. The van der Waals surface area contributed by atoms with Gasteiger partial charge in [-0.2, -0.15) is 0 Å². The highest BCUT2D eigenvalue weighted by molar-refractivity contribution is 6.08. The highest BCUT2D eigenvalue weighted by Gasteiger charge is 2.62. The summed E-state index contributed by atoms with van der Waals surface area (Å²) in [6.45, 7) is 10.6. The van der Waals surface area contributed by atoms with E-state index in [1.165, 1.54) is 5.57 Å². The summed E-state index contributed by atoms with van der Waals surface area (Å²) in [4.78, 5) is 12.7. The molecule has 1 unspecified atom stereocenters. The second kappa shape index (κ2) is 7.18. The van der Waals surface area contributed by atoms with Crippen LogP contribution in [0.5, 0.6) is 0 Å². The van der Waals surface area contributed by atoms with Crippen molar-refractivity contribution in [3.05, 3.63) is 34.4 Å². The molecule has 0 amide bonds. The summed E-state index contributed by atoms with van der Waals surface area (Å²) in [5, 5.41) is 21.2. The van der Waals surface area contributed by atoms with Crippen LogP contribution in [-0.2, 0) is 9.53 Å². The maximum Gasteiger partial charge on any atom is 0.182 e. The molecule has 0 aromatic heterocycles. The summed E-state index contributed by atoms with van der Waals surface area (Å²) < 4.78 is 6.79. The Morgan fingerprint density at radius 2 is 2.03 bits per heavy atom. The van der Waals surface area contributed by atoms with E-state index in [-0.39, 0.29) is 41.3 Å². The molecule has 1 spiro atoms. The number of aliphatic hydroxyl groups is 2. The molecule has 2 fully saturated rings. The summed E-state index contributed by atoms with van der Waals surface area (Å²) in [5.74, 6) is 0.610. The lowest BCUT2D eigenvalue weighted by Gasteiger charge is -2.45. The predicted octanol–water partition coefficient (Wildman–Crippen LogP) is 4.12. The fraction of sp³-hybridized carbons (Fsp3) is 0.720. The Labute approximate surface area is 174 Å². The topological polar surface area (TPSA) is 66.8 Å². The van der Waals surface area contributed by atoms with Crippen molar-refractivity contribution in [3.8, 4) is 0 Å². The van der Waals surface area contributed by atoms with Crippen molar-refractivity contribution in [2.24, 2.45) is 23.2 Å². The van der Waals surface area contributed by atoms with Crippen LogP contribution in [0.2, 0.25) is 0 Å². The van der Waals surface area contributed by atoms with Crippen molar-refractivity contribution in [2.45, 2.75) is 84.5 Å². The lowest BCUT2D eigenvalue weighted by molar-refractivity contribution is -0.112. The molecule has 1 saturated carbocycles. The van der Waals surface area contributed by atoms with Crippen LogP contribution in [0, 0.1) is 23.2 Å². The molecule has 1 heterocycles. The van der Waals surface area contributed by atoms with E-state index in [2.05, 4.69) is 33.8 Å². The van der Waals surface area contributed by atoms with Crippen molar-refractivity contribution in [3.63, 3.8) is 0 Å². The minimum absolute atomic E-state index is 0.00568. The van der Waals surface area contributed by atoms with E-state index in [1.54, 1.807) is 6.08 Å². The fourth-order valence-corrected chi connectivity index (χ4v) is 6.98. The van der Waals surface area contributed by atoms with Gasteiger partial charge in [-0.15, -0.1) is 0 Å². The van der Waals surface area contributed by atoms with E-state index < -0.39 is 6.10 Å². The van der Waals surface area contributed by atoms with Crippen molar-refractivity contribution in [1.29, 1.82) is 0 Å². The zero-order valence-corrected chi connectivity index (χ0v) is 18.5. The largest absolute Gasteiger partial charge is 0.392 e. The van der Waals surface area contributed by atoms with Crippen LogP contribution < -0.4 is 0 Å². The Morgan fingerprint density at radius 1 is 1.31 bits per heavy atom. The average Bonchev–Trinajstić information content (AvgIpc) is 3.17. The lowest BCUT2D eigenvalue weighted by Crippen LogP contribution is -2.46. The van der Waals surface area contributed by atoms with Crippen molar-refractivity contribution < 1.29 is 19.7 Å². The van der Waals surface area contributed by atoms with E-state index in [4.69, 9.17) is 4.74 Å². The number of hydrogen-bond acceptors (Lipinski definition) is 4. The Kier molecular flexibility index (Phi) is 5.20. The number of hydrogen-bond donors (Lipinski definition) is 2. The summed E-state index contributed by atoms with van der Waals surface area (Å²) in [6, 6.07) is 0. The first-order valence-electron chi connectivity index (χ1n) is 11.2. The van der Waals surface area contributed by atoms with Gasteiger partial charge in [0, 0.05) is 11.5 Å². The molecule has 160 valence electrons. The predicted molar refractivity (Wildman–Crippen MR) is 113 cm³/mol. The van der Waals surface area contributed by atoms with Crippen LogP contribution in [0.1, 0.15) is 66.7 Å². The minimum Gasteiger partial charge on any atom is -0.392 e. The molecule has 1 saturated heterocycles. The number of carbonyl (C=O) groups excluding carboxylic acids is 1. The molecule has 0 radical (unpaired) electrons. The molecule has 29 heavy (non-hydrogen) atoms. The van der Waals surface area contributed by atoms with Gasteiger partial charge in [-0.3, -0.25) is 4.79 Å². The third-order valence-corrected chi connectivity index (χ3v) is 8.40. The molecule has 3 aliphatic carbocycles. The number of rotatable bonds is 2. The van der Waals surface area contributed by atoms with Crippen LogP contribution in [0.4, 0.5) is 0 Å². The van der Waals surface area contributed by atoms with Gasteiger partial charge in [0.25, 0.3) is 0 Å². The van der Waals surface area contributed by atoms with Gasteiger partial charge in [-0.25, -0.2) is 0 Å². The first-order chi connectivity index (χ1) is 13.6. The molecule has 4 heteroatoms. The molecule has 4 rings (SSSR count). The quantitative estimate of drug-likeness (QED) is 0.684. The van der Waals surface area contributed by atoms with Crippen LogP contribution >= 0.6 is 0 Å². The molecule has 0 bridgehead atoms. The van der Waals surface area contributed by atoms with Gasteiger partial charge in [0.1, 0.15) is 0 Å². The molecular formula is C25H36O4. The molecular weight excluding hydrogens is 364 g/mol. The van der Waals surface area contributed by atoms with Crippen molar-refractivity contribution in [1.82, 2.24) is 0 Å². The second-order valence-corrected chi connectivity index (χ2v) is 10.6. The fourth-order valence-electron chi connectivity index (χ4n) is 6.98. The highest BCUT2D eigenvalue weighted by Crippen LogP contribution is 2.63. The Balaban J connectivity index is 1.75. The van der Waals surface area contributed by atoms with Gasteiger partial charge >= 0.3 is 0 Å². The van der Waals surface area contributed by atoms with Gasteiger partial charge in [-0.05, 0) is 81.8 Å². The molecule has 7 atom stereocenters. The van der Waals surface area contributed by atoms with Crippen LogP contribution in [0.3, 0.4) is 0 Å². The van der Waals surface area contributed by atoms with Gasteiger partial charge in [0.2, 0.25) is 0 Å². The SMILES string of the molecule is CC(C)=C[C@H]1C[C@H](C)[C@]2(CC[C@]3(C)C[C@@H]4C(C)=CC(=O)/C4=C(\CO)[C@H](O)CC32)O1. The molecule has 4 nitrogen and oxygen atoms in total. The number of carbonyl (C=O) groups is 1. The minimum atomic E-state index is -0.793. The number of ether oxygens (including phenoxy) is 1. The standard InChI is InChI=1S/C25H36O4/c1-14(2)8-17-10-16(4)25(29-17)7-6-24(5)12-18-15(3)9-21(28)23(18)19(13-26)20(27)11-22(24)25/h8-9,16-18,20,22,26-27H,6-7,10-13H2,1-5H3/b23-19+/t16-,17-,18+,20+,22?,24+,25-/m0/s1. The van der Waals surface area contributed by atoms with Crippen LogP contribution in [0.25, 0.3) is 0 Å². The third kappa shape index (κ3) is 3.19. The maximum absolute atomic E-state index is 12.7. The smallest absolute Gasteiger partial charge is 0.182 e. The van der Waals surface area contributed by atoms with Crippen LogP contribution in [0.15, 0.2) is 34.4 Å². The number of fused-ring (bicyclic) bond motifs is 3. The Hall–Kier alpha value is -1.23. The average molecular weight is 401 g/mol. The van der Waals surface area contributed by atoms with Gasteiger partial charge in [0.15, 0.2) is 5.78 Å². The molecule has 0 aromatic carbocycles. The molecule has 1 aliphatic heterocycles. The Bertz CT molecular complexity index is 802. The van der Waals surface area contributed by atoms with Crippen LogP contribution in [-0.4, -0.2) is 40.4 Å². The second-order valence-electron chi connectivity index (χ2n) is 10.6.